The molecule has 0 saturated heterocycles. The molecule has 2 aromatic carbocycles. The Balaban J connectivity index is 2.00. The minimum Gasteiger partial charge on any atom is -0.334 e. The Kier molecular flexibility index (Phi) is 7.98. The van der Waals surface area contributed by atoms with Crippen LogP contribution in [0.4, 0.5) is 10.5 Å². The Morgan fingerprint density at radius 1 is 0.969 bits per heavy atom. The number of rotatable bonds is 8. The van der Waals surface area contributed by atoms with Gasteiger partial charge in [0.25, 0.3) is 0 Å². The van der Waals surface area contributed by atoms with Gasteiger partial charge in [0.05, 0.1) is 11.4 Å². The van der Waals surface area contributed by atoms with Gasteiger partial charge in [-0.05, 0) is 41.5 Å². The average molecular weight is 432 g/mol. The van der Waals surface area contributed by atoms with Crippen LogP contribution >= 0.6 is 0 Å². The predicted octanol–water partition coefficient (Wildman–Crippen LogP) is 4.49. The van der Waals surface area contributed by atoms with Crippen LogP contribution in [0.2, 0.25) is 0 Å². The molecular weight excluding hydrogens is 398 g/mol. The maximum absolute atomic E-state index is 12.8. The number of pyridine rings is 1. The average Bonchev–Trinajstić information content (AvgIpc) is 2.79. The number of nitrogens with zero attached hydrogens (tertiary/aromatic N) is 1. The monoisotopic (exact) mass is 431 g/mol. The van der Waals surface area contributed by atoms with E-state index in [4.69, 9.17) is 16.5 Å². The predicted molar refractivity (Wildman–Crippen MR) is 131 cm³/mol. The van der Waals surface area contributed by atoms with Gasteiger partial charge < -0.3 is 22.1 Å². The summed E-state index contributed by atoms with van der Waals surface area (Å²) in [4.78, 5) is 17.6. The second-order valence-electron chi connectivity index (χ2n) is 8.37. The fourth-order valence-electron chi connectivity index (χ4n) is 3.79. The lowest BCUT2D eigenvalue weighted by molar-refractivity contribution is 0.251. The van der Waals surface area contributed by atoms with Gasteiger partial charge in [-0.3, -0.25) is 4.98 Å². The summed E-state index contributed by atoms with van der Waals surface area (Å²) in [5, 5.41) is 5.97. The van der Waals surface area contributed by atoms with E-state index in [2.05, 4.69) is 24.5 Å². The number of hydrogen-bond acceptors (Lipinski definition) is 4. The molecule has 0 aliphatic heterocycles. The van der Waals surface area contributed by atoms with Gasteiger partial charge in [-0.25, -0.2) is 4.79 Å². The number of hydrogen-bond donors (Lipinski definition) is 4. The first-order valence-electron chi connectivity index (χ1n) is 11.0. The molecule has 1 heterocycles. The number of nitrogens with one attached hydrogen (secondary N) is 2. The van der Waals surface area contributed by atoms with Crippen molar-refractivity contribution >= 4 is 11.7 Å². The summed E-state index contributed by atoms with van der Waals surface area (Å²) in [5.74, 6) is 0.438. The van der Waals surface area contributed by atoms with Crippen molar-refractivity contribution in [3.63, 3.8) is 0 Å². The van der Waals surface area contributed by atoms with E-state index in [9.17, 15) is 4.79 Å². The minimum atomic E-state index is -0.279. The molecule has 0 atom stereocenters. The first-order chi connectivity index (χ1) is 15.4. The summed E-state index contributed by atoms with van der Waals surface area (Å²) in [6.07, 6.45) is 0.821. The third-order valence-corrected chi connectivity index (χ3v) is 5.38. The van der Waals surface area contributed by atoms with Crippen LogP contribution in [0.3, 0.4) is 0 Å². The summed E-state index contributed by atoms with van der Waals surface area (Å²) in [6.45, 7) is 7.50. The fraction of sp³-hybridized carbons (Fsp3) is 0.308. The van der Waals surface area contributed by atoms with Gasteiger partial charge >= 0.3 is 6.03 Å². The highest BCUT2D eigenvalue weighted by molar-refractivity contribution is 5.96. The quantitative estimate of drug-likeness (QED) is 0.421. The van der Waals surface area contributed by atoms with E-state index in [-0.39, 0.29) is 6.03 Å². The fourth-order valence-corrected chi connectivity index (χ4v) is 3.79. The second kappa shape index (κ2) is 10.9. The molecule has 0 fully saturated rings. The summed E-state index contributed by atoms with van der Waals surface area (Å²) < 4.78 is 0. The van der Waals surface area contributed by atoms with Crippen molar-refractivity contribution in [2.45, 2.75) is 46.8 Å². The normalized spacial score (nSPS) is 10.9. The molecule has 168 valence electrons. The van der Waals surface area contributed by atoms with E-state index in [0.717, 1.165) is 45.6 Å². The zero-order valence-corrected chi connectivity index (χ0v) is 19.1. The van der Waals surface area contributed by atoms with E-state index < -0.39 is 0 Å². The van der Waals surface area contributed by atoms with E-state index in [1.165, 1.54) is 0 Å². The maximum Gasteiger partial charge on any atom is 0.319 e. The topological polar surface area (TPSA) is 106 Å². The number of aromatic nitrogens is 1. The third-order valence-electron chi connectivity index (χ3n) is 5.38. The van der Waals surface area contributed by atoms with Gasteiger partial charge in [-0.15, -0.1) is 0 Å². The first kappa shape index (κ1) is 23.4. The molecule has 2 amide bonds. The molecule has 0 spiro atoms. The first-order valence-corrected chi connectivity index (χ1v) is 11.0. The lowest BCUT2D eigenvalue weighted by atomic mass is 9.92. The molecular formula is C26H33N5O. The van der Waals surface area contributed by atoms with Gasteiger partial charge in [0.1, 0.15) is 0 Å². The van der Waals surface area contributed by atoms with Crippen LogP contribution in [-0.4, -0.2) is 11.0 Å². The van der Waals surface area contributed by atoms with Crippen LogP contribution in [-0.2, 0) is 26.1 Å². The van der Waals surface area contributed by atoms with Crippen LogP contribution < -0.4 is 22.1 Å². The summed E-state index contributed by atoms with van der Waals surface area (Å²) in [6, 6.07) is 17.6. The Labute approximate surface area is 190 Å². The van der Waals surface area contributed by atoms with E-state index in [1.54, 1.807) is 0 Å². The molecule has 0 radical (unpaired) electrons. The van der Waals surface area contributed by atoms with Gasteiger partial charge in [0.2, 0.25) is 0 Å². The van der Waals surface area contributed by atoms with Crippen molar-refractivity contribution in [3.05, 3.63) is 82.7 Å². The molecule has 0 bridgehead atoms. The molecule has 1 aromatic heterocycles. The standard InChI is InChI=1S/C26H33N5O/c1-17(2)13-23-22(15-28)24(21-11-9-19(14-27)10-12-21)25(18(3)30-23)31-26(32)29-16-20-7-5-4-6-8-20/h4-12,17H,13-16,27-28H2,1-3H3,(H2,29,31,32). The maximum atomic E-state index is 12.8. The largest absolute Gasteiger partial charge is 0.334 e. The lowest BCUT2D eigenvalue weighted by Gasteiger charge is -2.21. The smallest absolute Gasteiger partial charge is 0.319 e. The van der Waals surface area contributed by atoms with Crippen LogP contribution in [0, 0.1) is 12.8 Å². The van der Waals surface area contributed by atoms with Crippen molar-refractivity contribution in [2.24, 2.45) is 17.4 Å². The van der Waals surface area contributed by atoms with Gasteiger partial charge in [0, 0.05) is 30.9 Å². The van der Waals surface area contributed by atoms with Crippen LogP contribution in [0.5, 0.6) is 0 Å². The Bertz CT molecular complexity index is 1050. The summed E-state index contributed by atoms with van der Waals surface area (Å²) in [7, 11) is 0. The molecule has 0 saturated carbocycles. The highest BCUT2D eigenvalue weighted by atomic mass is 16.2. The third kappa shape index (κ3) is 5.72. The Morgan fingerprint density at radius 2 is 1.66 bits per heavy atom. The Hall–Kier alpha value is -3.22. The Morgan fingerprint density at radius 3 is 2.25 bits per heavy atom. The number of carbonyl (C=O) groups is 1. The molecule has 0 aliphatic rings. The minimum absolute atomic E-state index is 0.279. The SMILES string of the molecule is Cc1nc(CC(C)C)c(CN)c(-c2ccc(CN)cc2)c1NC(=O)NCc1ccccc1. The molecule has 0 aliphatic carbocycles. The number of amides is 2. The highest BCUT2D eigenvalue weighted by Crippen LogP contribution is 2.36. The number of carbonyl (C=O) groups excluding carboxylic acids is 1. The second-order valence-corrected chi connectivity index (χ2v) is 8.37. The summed E-state index contributed by atoms with van der Waals surface area (Å²) in [5.41, 5.74) is 19.4. The number of aryl methyl sites for hydroxylation is 1. The van der Waals surface area contributed by atoms with Crippen molar-refractivity contribution in [3.8, 4) is 11.1 Å². The molecule has 6 heteroatoms. The lowest BCUT2D eigenvalue weighted by Crippen LogP contribution is -2.29. The molecule has 32 heavy (non-hydrogen) atoms. The van der Waals surface area contributed by atoms with Crippen LogP contribution in [0.25, 0.3) is 11.1 Å². The van der Waals surface area contributed by atoms with E-state index >= 15 is 0 Å². The van der Waals surface area contributed by atoms with Crippen molar-refractivity contribution in [1.82, 2.24) is 10.3 Å². The molecule has 3 rings (SSSR count). The number of anilines is 1. The van der Waals surface area contributed by atoms with Gasteiger partial charge in [-0.1, -0.05) is 68.4 Å². The number of benzene rings is 2. The summed E-state index contributed by atoms with van der Waals surface area (Å²) >= 11 is 0. The van der Waals surface area contributed by atoms with Crippen molar-refractivity contribution in [2.75, 3.05) is 5.32 Å². The van der Waals surface area contributed by atoms with Crippen LogP contribution in [0.15, 0.2) is 54.6 Å². The zero-order chi connectivity index (χ0) is 23.1. The molecule has 3 aromatic rings. The molecule has 6 nitrogen and oxygen atoms in total. The van der Waals surface area contributed by atoms with Gasteiger partial charge in [0.15, 0.2) is 0 Å². The van der Waals surface area contributed by atoms with Crippen molar-refractivity contribution < 1.29 is 4.79 Å². The number of urea groups is 1. The van der Waals surface area contributed by atoms with E-state index in [0.29, 0.717) is 31.2 Å². The highest BCUT2D eigenvalue weighted by Gasteiger charge is 2.20. The van der Waals surface area contributed by atoms with Crippen molar-refractivity contribution in [1.29, 1.82) is 0 Å². The van der Waals surface area contributed by atoms with E-state index in [1.807, 2.05) is 61.5 Å². The molecule has 0 unspecified atom stereocenters. The zero-order valence-electron chi connectivity index (χ0n) is 19.1. The van der Waals surface area contributed by atoms with Crippen LogP contribution in [0.1, 0.15) is 41.9 Å². The molecule has 6 N–H and O–H groups in total. The number of nitrogens with two attached hydrogens (primary N) is 2. The van der Waals surface area contributed by atoms with Gasteiger partial charge in [-0.2, -0.15) is 0 Å².